The van der Waals surface area contributed by atoms with Gasteiger partial charge in [-0.15, -0.1) is 0 Å². The topological polar surface area (TPSA) is 66.3 Å². The number of hydrogen-bond acceptors (Lipinski definition) is 4. The summed E-state index contributed by atoms with van der Waals surface area (Å²) in [5.74, 6) is -0.379. The summed E-state index contributed by atoms with van der Waals surface area (Å²) in [6, 6.07) is 7.47. The molecule has 1 fully saturated rings. The number of benzene rings is 1. The summed E-state index contributed by atoms with van der Waals surface area (Å²) in [5, 5.41) is 10.2. The van der Waals surface area contributed by atoms with Crippen molar-refractivity contribution in [1.29, 1.82) is 0 Å². The lowest BCUT2D eigenvalue weighted by Crippen LogP contribution is -2.23. The zero-order chi connectivity index (χ0) is 17.1. The fraction of sp³-hybridized carbons (Fsp3) is 0.389. The number of aryl methyl sites for hydroxylation is 1. The van der Waals surface area contributed by atoms with E-state index >= 15 is 0 Å². The first kappa shape index (κ1) is 16.9. The molecule has 1 aliphatic heterocycles. The van der Waals surface area contributed by atoms with Crippen LogP contribution in [0.15, 0.2) is 36.7 Å². The van der Waals surface area contributed by atoms with Crippen LogP contribution in [0.3, 0.4) is 0 Å². The van der Waals surface area contributed by atoms with Crippen molar-refractivity contribution >= 4 is 17.6 Å². The highest BCUT2D eigenvalue weighted by Gasteiger charge is 2.38. The Hall–Kier alpha value is -1.98. The zero-order valence-electron chi connectivity index (χ0n) is 13.5. The van der Waals surface area contributed by atoms with Gasteiger partial charge in [0.2, 0.25) is 0 Å². The molecule has 126 valence electrons. The Morgan fingerprint density at radius 2 is 1.92 bits per heavy atom. The van der Waals surface area contributed by atoms with E-state index in [-0.39, 0.29) is 5.92 Å². The quantitative estimate of drug-likeness (QED) is 0.902. The lowest BCUT2D eigenvalue weighted by atomic mass is 9.89. The first-order valence-corrected chi connectivity index (χ1v) is 8.45. The van der Waals surface area contributed by atoms with Crippen molar-refractivity contribution in [2.45, 2.75) is 25.8 Å². The van der Waals surface area contributed by atoms with Gasteiger partial charge in [0.15, 0.2) is 0 Å². The minimum Gasteiger partial charge on any atom is -0.481 e. The summed E-state index contributed by atoms with van der Waals surface area (Å²) in [6.45, 7) is 3.91. The summed E-state index contributed by atoms with van der Waals surface area (Å²) in [7, 11) is 0. The minimum atomic E-state index is -0.755. The van der Waals surface area contributed by atoms with E-state index in [0.717, 1.165) is 23.4 Å². The van der Waals surface area contributed by atoms with Crippen LogP contribution in [0, 0.1) is 5.92 Å². The molecule has 6 heteroatoms. The van der Waals surface area contributed by atoms with E-state index in [1.807, 2.05) is 43.6 Å². The lowest BCUT2D eigenvalue weighted by Gasteiger charge is -2.16. The van der Waals surface area contributed by atoms with E-state index in [1.54, 1.807) is 0 Å². The maximum Gasteiger partial charge on any atom is 0.308 e. The Balaban J connectivity index is 1.74. The molecule has 3 rings (SSSR count). The number of halogens is 1. The van der Waals surface area contributed by atoms with Gasteiger partial charge in [-0.25, -0.2) is 9.97 Å². The highest BCUT2D eigenvalue weighted by Crippen LogP contribution is 2.34. The standard InChI is InChI=1S/C18H20ClN3O2/c1-2-17-20-7-12(8-21-17)9-22-10-15(16(11-22)18(23)24)13-3-5-14(19)6-4-13/h3-8,15-16H,2,9-11H2,1H3,(H,23,24)/t15-,16+/m1/s1. The molecule has 1 saturated heterocycles. The predicted octanol–water partition coefficient (Wildman–Crippen LogP) is 2.99. The minimum absolute atomic E-state index is 0.0319. The molecule has 1 N–H and O–H groups in total. The third-order valence-corrected chi connectivity index (χ3v) is 4.74. The number of likely N-dealkylation sites (tertiary alicyclic amines) is 1. The van der Waals surface area contributed by atoms with Gasteiger partial charge in [-0.1, -0.05) is 30.7 Å². The largest absolute Gasteiger partial charge is 0.481 e. The second-order valence-corrected chi connectivity index (χ2v) is 6.59. The highest BCUT2D eigenvalue weighted by atomic mass is 35.5. The molecule has 1 aromatic heterocycles. The molecule has 1 aliphatic rings. The average Bonchev–Trinajstić information content (AvgIpc) is 3.00. The number of hydrogen-bond donors (Lipinski definition) is 1. The van der Waals surface area contributed by atoms with Crippen molar-refractivity contribution in [3.05, 3.63) is 58.6 Å². The van der Waals surface area contributed by atoms with Gasteiger partial charge in [0.05, 0.1) is 5.92 Å². The second-order valence-electron chi connectivity index (χ2n) is 6.16. The number of carboxylic acid groups (broad SMARTS) is 1. The monoisotopic (exact) mass is 345 g/mol. The normalized spacial score (nSPS) is 21.1. The molecular weight excluding hydrogens is 326 g/mol. The van der Waals surface area contributed by atoms with E-state index < -0.39 is 11.9 Å². The summed E-state index contributed by atoms with van der Waals surface area (Å²) in [6.07, 6.45) is 4.47. The van der Waals surface area contributed by atoms with Gasteiger partial charge >= 0.3 is 5.97 Å². The molecule has 2 aromatic rings. The Bertz CT molecular complexity index is 703. The third-order valence-electron chi connectivity index (χ3n) is 4.49. The average molecular weight is 346 g/mol. The fourth-order valence-electron chi connectivity index (χ4n) is 3.22. The van der Waals surface area contributed by atoms with Crippen LogP contribution in [-0.4, -0.2) is 39.0 Å². The molecule has 0 amide bonds. The fourth-order valence-corrected chi connectivity index (χ4v) is 3.34. The molecule has 0 aliphatic carbocycles. The van der Waals surface area contributed by atoms with Gasteiger partial charge in [0.1, 0.15) is 5.82 Å². The maximum atomic E-state index is 11.7. The number of carboxylic acids is 1. The van der Waals surface area contributed by atoms with Gasteiger partial charge in [0.25, 0.3) is 0 Å². The van der Waals surface area contributed by atoms with Crippen molar-refractivity contribution in [3.63, 3.8) is 0 Å². The van der Waals surface area contributed by atoms with Crippen molar-refractivity contribution in [1.82, 2.24) is 14.9 Å². The zero-order valence-corrected chi connectivity index (χ0v) is 14.3. The maximum absolute atomic E-state index is 11.7. The number of carbonyl (C=O) groups is 1. The van der Waals surface area contributed by atoms with Gasteiger partial charge in [-0.3, -0.25) is 9.69 Å². The van der Waals surface area contributed by atoms with Crippen LogP contribution >= 0.6 is 11.6 Å². The lowest BCUT2D eigenvalue weighted by molar-refractivity contribution is -0.141. The molecule has 0 bridgehead atoms. The van der Waals surface area contributed by atoms with Gasteiger partial charge in [-0.2, -0.15) is 0 Å². The van der Waals surface area contributed by atoms with Crippen molar-refractivity contribution in [3.8, 4) is 0 Å². The second kappa shape index (κ2) is 7.28. The Morgan fingerprint density at radius 3 is 2.50 bits per heavy atom. The first-order valence-electron chi connectivity index (χ1n) is 8.07. The van der Waals surface area contributed by atoms with E-state index in [2.05, 4.69) is 14.9 Å². The molecule has 24 heavy (non-hydrogen) atoms. The summed E-state index contributed by atoms with van der Waals surface area (Å²) in [5.41, 5.74) is 2.03. The third kappa shape index (κ3) is 3.74. The van der Waals surface area contributed by atoms with Crippen molar-refractivity contribution in [2.75, 3.05) is 13.1 Å². The van der Waals surface area contributed by atoms with Crippen LogP contribution < -0.4 is 0 Å². The summed E-state index contributed by atoms with van der Waals surface area (Å²) < 4.78 is 0. The van der Waals surface area contributed by atoms with Crippen LogP contribution in [0.5, 0.6) is 0 Å². The van der Waals surface area contributed by atoms with E-state index in [9.17, 15) is 9.90 Å². The molecule has 1 aromatic carbocycles. The molecular formula is C18H20ClN3O2. The van der Waals surface area contributed by atoms with Gasteiger partial charge in [0, 0.05) is 55.0 Å². The van der Waals surface area contributed by atoms with Crippen LogP contribution in [0.2, 0.25) is 5.02 Å². The molecule has 2 atom stereocenters. The van der Waals surface area contributed by atoms with Crippen molar-refractivity contribution in [2.24, 2.45) is 5.92 Å². The summed E-state index contributed by atoms with van der Waals surface area (Å²) in [4.78, 5) is 22.4. The molecule has 0 spiro atoms. The number of aromatic nitrogens is 2. The molecule has 5 nitrogen and oxygen atoms in total. The Labute approximate surface area is 146 Å². The van der Waals surface area contributed by atoms with Gasteiger partial charge in [-0.05, 0) is 17.7 Å². The SMILES string of the molecule is CCc1ncc(CN2C[C@H](C(=O)O)[C@@H](c3ccc(Cl)cc3)C2)cn1. The highest BCUT2D eigenvalue weighted by molar-refractivity contribution is 6.30. The van der Waals surface area contributed by atoms with E-state index in [0.29, 0.717) is 24.7 Å². The van der Waals surface area contributed by atoms with Crippen LogP contribution in [0.1, 0.15) is 29.8 Å². The summed E-state index contributed by atoms with van der Waals surface area (Å²) >= 11 is 5.94. The van der Waals surface area contributed by atoms with Gasteiger partial charge < -0.3 is 5.11 Å². The Morgan fingerprint density at radius 1 is 1.25 bits per heavy atom. The van der Waals surface area contributed by atoms with Crippen molar-refractivity contribution < 1.29 is 9.90 Å². The number of rotatable bonds is 5. The number of nitrogens with zero attached hydrogens (tertiary/aromatic N) is 3. The Kier molecular flexibility index (Phi) is 5.11. The number of aliphatic carboxylic acids is 1. The van der Waals surface area contributed by atoms with Crippen LogP contribution in [0.25, 0.3) is 0 Å². The molecule has 0 saturated carbocycles. The van der Waals surface area contributed by atoms with Crippen LogP contribution in [-0.2, 0) is 17.8 Å². The van der Waals surface area contributed by atoms with E-state index in [1.165, 1.54) is 0 Å². The molecule has 0 radical (unpaired) electrons. The smallest absolute Gasteiger partial charge is 0.308 e. The van der Waals surface area contributed by atoms with E-state index in [4.69, 9.17) is 11.6 Å². The molecule has 0 unspecified atom stereocenters. The molecule has 2 heterocycles. The first-order chi connectivity index (χ1) is 11.6. The van der Waals surface area contributed by atoms with Crippen LogP contribution in [0.4, 0.5) is 0 Å². The predicted molar refractivity (Wildman–Crippen MR) is 92.0 cm³/mol.